The Morgan fingerprint density at radius 3 is 2.38 bits per heavy atom. The first-order chi connectivity index (χ1) is 17.9. The SMILES string of the molecule is CCC.CN(C)CCc1ccc(Nc2ncc3c(n2)-c2ccccc2C(c2ccc(Cl)c(Cl)c2)C3)cc1. The first-order valence-electron chi connectivity index (χ1n) is 12.8. The van der Waals surface area contributed by atoms with E-state index in [4.69, 9.17) is 28.2 Å². The average molecular weight is 534 g/mol. The van der Waals surface area contributed by atoms with Crippen LogP contribution in [-0.4, -0.2) is 35.5 Å². The Hall–Kier alpha value is -2.92. The lowest BCUT2D eigenvalue weighted by molar-refractivity contribution is 0.413. The van der Waals surface area contributed by atoms with Crippen molar-refractivity contribution in [3.8, 4) is 11.3 Å². The van der Waals surface area contributed by atoms with Gasteiger partial charge in [-0.25, -0.2) is 9.97 Å². The molecule has 0 fully saturated rings. The Balaban J connectivity index is 0.00000102. The van der Waals surface area contributed by atoms with Gasteiger partial charge in [0.1, 0.15) is 0 Å². The van der Waals surface area contributed by atoms with Crippen LogP contribution in [0.5, 0.6) is 0 Å². The van der Waals surface area contributed by atoms with E-state index in [1.54, 1.807) is 0 Å². The van der Waals surface area contributed by atoms with Gasteiger partial charge in [0.2, 0.25) is 5.95 Å². The molecule has 4 nitrogen and oxygen atoms in total. The lowest BCUT2D eigenvalue weighted by Gasteiger charge is -2.27. The number of halogens is 2. The highest BCUT2D eigenvalue weighted by Gasteiger charge is 2.27. The topological polar surface area (TPSA) is 41.0 Å². The molecule has 5 rings (SSSR count). The zero-order valence-corrected chi connectivity index (χ0v) is 23.4. The predicted molar refractivity (Wildman–Crippen MR) is 157 cm³/mol. The second kappa shape index (κ2) is 12.6. The van der Waals surface area contributed by atoms with Crippen molar-refractivity contribution >= 4 is 34.8 Å². The van der Waals surface area contributed by atoms with E-state index in [9.17, 15) is 0 Å². The van der Waals surface area contributed by atoms with Gasteiger partial charge in [0.25, 0.3) is 0 Å². The van der Waals surface area contributed by atoms with Crippen molar-refractivity contribution in [3.05, 3.63) is 105 Å². The van der Waals surface area contributed by atoms with Gasteiger partial charge in [0.15, 0.2) is 0 Å². The van der Waals surface area contributed by atoms with Crippen molar-refractivity contribution in [1.82, 2.24) is 14.9 Å². The molecule has 6 heteroatoms. The number of likely N-dealkylation sites (N-methyl/N-ethyl adjacent to an activating group) is 1. The molecule has 1 aliphatic rings. The van der Waals surface area contributed by atoms with E-state index in [1.165, 1.54) is 17.5 Å². The number of hydrogen-bond donors (Lipinski definition) is 1. The standard InChI is InChI=1S/C28H26Cl2N4.C3H8/c1-34(2)14-13-18-7-10-21(11-8-18)32-28-31-17-20-15-24(19-9-12-25(29)26(30)16-19)22-5-3-4-6-23(22)27(20)33-28;1-3-2/h3-12,16-17,24H,13-15H2,1-2H3,(H,31,32,33);3H2,1-2H3. The van der Waals surface area contributed by atoms with E-state index in [0.717, 1.165) is 47.5 Å². The Bertz CT molecular complexity index is 1340. The van der Waals surface area contributed by atoms with Gasteiger partial charge in [-0.15, -0.1) is 0 Å². The van der Waals surface area contributed by atoms with Gasteiger partial charge in [-0.1, -0.05) is 85.9 Å². The fourth-order valence-electron chi connectivity index (χ4n) is 4.46. The Labute approximate surface area is 230 Å². The quantitative estimate of drug-likeness (QED) is 0.270. The fraction of sp³-hybridized carbons (Fsp3) is 0.290. The molecule has 1 aliphatic carbocycles. The number of benzene rings is 3. The third-order valence-electron chi connectivity index (χ3n) is 6.28. The number of hydrogen-bond acceptors (Lipinski definition) is 4. The molecule has 1 unspecified atom stereocenters. The van der Waals surface area contributed by atoms with E-state index in [0.29, 0.717) is 16.0 Å². The largest absolute Gasteiger partial charge is 0.324 e. The minimum Gasteiger partial charge on any atom is -0.324 e. The van der Waals surface area contributed by atoms with Crippen LogP contribution in [0, 0.1) is 0 Å². The summed E-state index contributed by atoms with van der Waals surface area (Å²) in [5.41, 5.74) is 7.90. The Morgan fingerprint density at radius 2 is 1.68 bits per heavy atom. The van der Waals surface area contributed by atoms with Crippen molar-refractivity contribution in [2.24, 2.45) is 0 Å². The van der Waals surface area contributed by atoms with Crippen LogP contribution in [0.25, 0.3) is 11.3 Å². The Kier molecular flexibility index (Phi) is 9.20. The summed E-state index contributed by atoms with van der Waals surface area (Å²) in [4.78, 5) is 11.7. The van der Waals surface area contributed by atoms with Gasteiger partial charge in [0, 0.05) is 29.9 Å². The Morgan fingerprint density at radius 1 is 0.946 bits per heavy atom. The molecule has 192 valence electrons. The summed E-state index contributed by atoms with van der Waals surface area (Å²) in [6.45, 7) is 5.28. The second-order valence-electron chi connectivity index (χ2n) is 9.67. The molecule has 0 saturated heterocycles. The van der Waals surface area contributed by atoms with Crippen LogP contribution in [0.3, 0.4) is 0 Å². The van der Waals surface area contributed by atoms with E-state index in [1.807, 2.05) is 18.3 Å². The molecule has 1 N–H and O–H groups in total. The molecule has 0 aliphatic heterocycles. The molecule has 0 bridgehead atoms. The summed E-state index contributed by atoms with van der Waals surface area (Å²) >= 11 is 12.5. The summed E-state index contributed by atoms with van der Waals surface area (Å²) in [7, 11) is 4.18. The van der Waals surface area contributed by atoms with Crippen LogP contribution in [0.1, 0.15) is 48.4 Å². The maximum absolute atomic E-state index is 6.33. The van der Waals surface area contributed by atoms with Gasteiger partial charge in [-0.2, -0.15) is 0 Å². The molecule has 0 amide bonds. The number of nitrogens with zero attached hydrogens (tertiary/aromatic N) is 3. The number of anilines is 2. The van der Waals surface area contributed by atoms with Crippen molar-refractivity contribution in [1.29, 1.82) is 0 Å². The third kappa shape index (κ3) is 6.70. The van der Waals surface area contributed by atoms with E-state index >= 15 is 0 Å². The highest BCUT2D eigenvalue weighted by molar-refractivity contribution is 6.42. The van der Waals surface area contributed by atoms with Crippen LogP contribution >= 0.6 is 23.2 Å². The van der Waals surface area contributed by atoms with E-state index < -0.39 is 0 Å². The molecular formula is C31H34Cl2N4. The van der Waals surface area contributed by atoms with Gasteiger partial charge in [-0.3, -0.25) is 0 Å². The zero-order valence-electron chi connectivity index (χ0n) is 21.9. The highest BCUT2D eigenvalue weighted by Crippen LogP contribution is 2.42. The number of nitrogens with one attached hydrogen (secondary N) is 1. The summed E-state index contributed by atoms with van der Waals surface area (Å²) in [6.07, 6.45) is 5.03. The second-order valence-corrected chi connectivity index (χ2v) is 10.5. The first-order valence-corrected chi connectivity index (χ1v) is 13.6. The monoisotopic (exact) mass is 532 g/mol. The van der Waals surface area contributed by atoms with Crippen molar-refractivity contribution in [2.75, 3.05) is 26.0 Å². The number of rotatable bonds is 6. The molecule has 37 heavy (non-hydrogen) atoms. The van der Waals surface area contributed by atoms with Crippen molar-refractivity contribution < 1.29 is 0 Å². The predicted octanol–water partition coefficient (Wildman–Crippen LogP) is 8.40. The van der Waals surface area contributed by atoms with Crippen LogP contribution in [0.4, 0.5) is 11.6 Å². The fourth-order valence-corrected chi connectivity index (χ4v) is 4.77. The van der Waals surface area contributed by atoms with E-state index in [2.05, 4.69) is 97.7 Å². The van der Waals surface area contributed by atoms with Gasteiger partial charge in [0.05, 0.1) is 15.7 Å². The van der Waals surface area contributed by atoms with Crippen LogP contribution in [-0.2, 0) is 12.8 Å². The van der Waals surface area contributed by atoms with Crippen LogP contribution < -0.4 is 5.32 Å². The third-order valence-corrected chi connectivity index (χ3v) is 7.02. The average Bonchev–Trinajstić information content (AvgIpc) is 2.90. The molecule has 3 aromatic carbocycles. The number of fused-ring (bicyclic) bond motifs is 3. The lowest BCUT2D eigenvalue weighted by Crippen LogP contribution is -2.15. The normalized spacial score (nSPS) is 13.9. The molecule has 0 radical (unpaired) electrons. The van der Waals surface area contributed by atoms with Gasteiger partial charge in [-0.05, 0) is 73.5 Å². The molecule has 1 aromatic heterocycles. The molecule has 0 saturated carbocycles. The summed E-state index contributed by atoms with van der Waals surface area (Å²) < 4.78 is 0. The first kappa shape index (κ1) is 27.1. The van der Waals surface area contributed by atoms with Crippen molar-refractivity contribution in [2.45, 2.75) is 39.0 Å². The smallest absolute Gasteiger partial charge is 0.227 e. The minimum atomic E-state index is 0.176. The molecule has 1 atom stereocenters. The molecule has 1 heterocycles. The molecular weight excluding hydrogens is 499 g/mol. The minimum absolute atomic E-state index is 0.176. The summed E-state index contributed by atoms with van der Waals surface area (Å²) in [5, 5.41) is 4.51. The summed E-state index contributed by atoms with van der Waals surface area (Å²) in [6, 6.07) is 22.8. The lowest BCUT2D eigenvalue weighted by atomic mass is 9.78. The molecule has 4 aromatic rings. The van der Waals surface area contributed by atoms with Crippen LogP contribution in [0.15, 0.2) is 72.9 Å². The maximum atomic E-state index is 6.33. The summed E-state index contributed by atoms with van der Waals surface area (Å²) in [5.74, 6) is 0.776. The van der Waals surface area contributed by atoms with Gasteiger partial charge < -0.3 is 10.2 Å². The maximum Gasteiger partial charge on any atom is 0.227 e. The highest BCUT2D eigenvalue weighted by atomic mass is 35.5. The zero-order chi connectivity index (χ0) is 26.4. The van der Waals surface area contributed by atoms with Crippen molar-refractivity contribution in [3.63, 3.8) is 0 Å². The van der Waals surface area contributed by atoms with Gasteiger partial charge >= 0.3 is 0 Å². The molecule has 0 spiro atoms. The number of aromatic nitrogens is 2. The van der Waals surface area contributed by atoms with Crippen LogP contribution in [0.2, 0.25) is 10.0 Å². The van der Waals surface area contributed by atoms with E-state index in [-0.39, 0.29) is 5.92 Å².